The lowest BCUT2D eigenvalue weighted by atomic mass is 10.0. The van der Waals surface area contributed by atoms with Crippen LogP contribution in [0.5, 0.6) is 5.75 Å². The lowest BCUT2D eigenvalue weighted by Gasteiger charge is -2.16. The van der Waals surface area contributed by atoms with Gasteiger partial charge in [-0.25, -0.2) is 0 Å². The number of nitrogens with zero attached hydrogens (tertiary/aromatic N) is 2. The molecule has 0 aliphatic heterocycles. The van der Waals surface area contributed by atoms with Crippen LogP contribution in [0.2, 0.25) is 0 Å². The van der Waals surface area contributed by atoms with Gasteiger partial charge in [0.05, 0.1) is 6.04 Å². The summed E-state index contributed by atoms with van der Waals surface area (Å²) in [4.78, 5) is 16.4. The third-order valence-electron chi connectivity index (χ3n) is 4.40. The fourth-order valence-corrected chi connectivity index (χ4v) is 2.69. The molecule has 0 radical (unpaired) electrons. The summed E-state index contributed by atoms with van der Waals surface area (Å²) < 4.78 is 10.6. The van der Waals surface area contributed by atoms with E-state index in [1.807, 2.05) is 25.1 Å². The predicted molar refractivity (Wildman–Crippen MR) is 102 cm³/mol. The minimum Gasteiger partial charge on any atom is -0.484 e. The lowest BCUT2D eigenvalue weighted by molar-refractivity contribution is -0.123. The van der Waals surface area contributed by atoms with E-state index in [0.29, 0.717) is 17.5 Å². The molecule has 0 spiro atoms. The predicted octanol–water partition coefficient (Wildman–Crippen LogP) is 3.92. The highest BCUT2D eigenvalue weighted by atomic mass is 16.5. The summed E-state index contributed by atoms with van der Waals surface area (Å²) in [5.74, 6) is 1.38. The molecule has 1 atom stereocenters. The van der Waals surface area contributed by atoms with Crippen molar-refractivity contribution >= 4 is 5.91 Å². The van der Waals surface area contributed by atoms with Gasteiger partial charge < -0.3 is 14.6 Å². The van der Waals surface area contributed by atoms with Crippen LogP contribution in [0, 0.1) is 20.8 Å². The van der Waals surface area contributed by atoms with Crippen LogP contribution < -0.4 is 10.1 Å². The fourth-order valence-electron chi connectivity index (χ4n) is 2.69. The van der Waals surface area contributed by atoms with E-state index in [9.17, 15) is 4.79 Å². The molecular formula is C21H23N3O3. The van der Waals surface area contributed by atoms with E-state index < -0.39 is 0 Å². The SMILES string of the molecule is Cc1nc(-c2cccc(OCC(=O)NC(C)c3ccc(C)c(C)c3)c2)no1. The zero-order chi connectivity index (χ0) is 19.4. The van der Waals surface area contributed by atoms with Crippen molar-refractivity contribution in [2.24, 2.45) is 0 Å². The zero-order valence-electron chi connectivity index (χ0n) is 15.9. The van der Waals surface area contributed by atoms with Gasteiger partial charge in [-0.1, -0.05) is 35.5 Å². The Balaban J connectivity index is 1.58. The van der Waals surface area contributed by atoms with Gasteiger partial charge in [0, 0.05) is 12.5 Å². The second-order valence-electron chi connectivity index (χ2n) is 6.59. The van der Waals surface area contributed by atoms with Gasteiger partial charge in [-0.05, 0) is 49.6 Å². The van der Waals surface area contributed by atoms with Crippen LogP contribution in [0.1, 0.15) is 35.5 Å². The van der Waals surface area contributed by atoms with Crippen LogP contribution in [-0.4, -0.2) is 22.7 Å². The van der Waals surface area contributed by atoms with Gasteiger partial charge in [-0.3, -0.25) is 4.79 Å². The molecule has 6 heteroatoms. The largest absolute Gasteiger partial charge is 0.484 e. The monoisotopic (exact) mass is 365 g/mol. The standard InChI is InChI=1S/C21H23N3O3/c1-13-8-9-17(10-14(13)2)15(3)22-20(25)12-26-19-7-5-6-18(11-19)21-23-16(4)27-24-21/h5-11,15H,12H2,1-4H3,(H,22,25). The third kappa shape index (κ3) is 4.73. The summed E-state index contributed by atoms with van der Waals surface area (Å²) in [6.07, 6.45) is 0. The van der Waals surface area contributed by atoms with Crippen molar-refractivity contribution in [1.82, 2.24) is 15.5 Å². The molecule has 1 N–H and O–H groups in total. The number of aryl methyl sites for hydroxylation is 3. The summed E-state index contributed by atoms with van der Waals surface area (Å²) in [6, 6.07) is 13.4. The maximum atomic E-state index is 12.2. The molecular weight excluding hydrogens is 342 g/mol. The number of hydrogen-bond donors (Lipinski definition) is 1. The van der Waals surface area contributed by atoms with Crippen LogP contribution in [-0.2, 0) is 4.79 Å². The maximum Gasteiger partial charge on any atom is 0.258 e. The smallest absolute Gasteiger partial charge is 0.258 e. The molecule has 1 amide bonds. The molecule has 0 bridgehead atoms. The van der Waals surface area contributed by atoms with Crippen molar-refractivity contribution in [1.29, 1.82) is 0 Å². The number of ether oxygens (including phenoxy) is 1. The minimum atomic E-state index is -0.179. The van der Waals surface area contributed by atoms with Crippen LogP contribution in [0.25, 0.3) is 11.4 Å². The quantitative estimate of drug-likeness (QED) is 0.716. The molecule has 1 aromatic heterocycles. The van der Waals surface area contributed by atoms with E-state index in [0.717, 1.165) is 11.1 Å². The summed E-state index contributed by atoms with van der Waals surface area (Å²) in [6.45, 7) is 7.76. The first-order valence-corrected chi connectivity index (χ1v) is 8.82. The highest BCUT2D eigenvalue weighted by Gasteiger charge is 2.12. The highest BCUT2D eigenvalue weighted by Crippen LogP contribution is 2.21. The van der Waals surface area contributed by atoms with Gasteiger partial charge in [0.15, 0.2) is 6.61 Å². The Hall–Kier alpha value is -3.15. The first kappa shape index (κ1) is 18.6. The molecule has 27 heavy (non-hydrogen) atoms. The van der Waals surface area contributed by atoms with E-state index in [1.165, 1.54) is 11.1 Å². The van der Waals surface area contributed by atoms with Crippen molar-refractivity contribution in [3.63, 3.8) is 0 Å². The molecule has 1 unspecified atom stereocenters. The molecule has 3 rings (SSSR count). The first-order chi connectivity index (χ1) is 12.9. The van der Waals surface area contributed by atoms with Crippen LogP contribution in [0.4, 0.5) is 0 Å². The summed E-state index contributed by atoms with van der Waals surface area (Å²) in [5, 5.41) is 6.85. The Labute approximate surface area is 158 Å². The number of benzene rings is 2. The van der Waals surface area contributed by atoms with Gasteiger partial charge in [-0.15, -0.1) is 0 Å². The third-order valence-corrected chi connectivity index (χ3v) is 4.40. The first-order valence-electron chi connectivity index (χ1n) is 8.82. The number of amides is 1. The number of aromatic nitrogens is 2. The molecule has 3 aromatic rings. The lowest BCUT2D eigenvalue weighted by Crippen LogP contribution is -2.31. The normalized spacial score (nSPS) is 11.9. The Bertz CT molecular complexity index is 949. The Morgan fingerprint density at radius 2 is 1.96 bits per heavy atom. The number of nitrogens with one attached hydrogen (secondary N) is 1. The summed E-state index contributed by atoms with van der Waals surface area (Å²) in [5.41, 5.74) is 4.28. The number of hydrogen-bond acceptors (Lipinski definition) is 5. The van der Waals surface area contributed by atoms with Crippen LogP contribution in [0.15, 0.2) is 47.0 Å². The van der Waals surface area contributed by atoms with Gasteiger partial charge in [0.2, 0.25) is 11.7 Å². The van der Waals surface area contributed by atoms with Crippen molar-refractivity contribution in [2.75, 3.05) is 6.61 Å². The second-order valence-corrected chi connectivity index (χ2v) is 6.59. The van der Waals surface area contributed by atoms with E-state index >= 15 is 0 Å². The highest BCUT2D eigenvalue weighted by molar-refractivity contribution is 5.78. The molecule has 0 aliphatic carbocycles. The van der Waals surface area contributed by atoms with Gasteiger partial charge >= 0.3 is 0 Å². The van der Waals surface area contributed by atoms with Crippen molar-refractivity contribution in [3.8, 4) is 17.1 Å². The van der Waals surface area contributed by atoms with Crippen molar-refractivity contribution < 1.29 is 14.1 Å². The number of rotatable bonds is 6. The maximum absolute atomic E-state index is 12.2. The van der Waals surface area contributed by atoms with E-state index in [1.54, 1.807) is 19.1 Å². The van der Waals surface area contributed by atoms with Gasteiger partial charge in [0.25, 0.3) is 5.91 Å². The molecule has 0 fully saturated rings. The Morgan fingerprint density at radius 1 is 1.15 bits per heavy atom. The number of carbonyl (C=O) groups excluding carboxylic acids is 1. The molecule has 0 saturated carbocycles. The summed E-state index contributed by atoms with van der Waals surface area (Å²) >= 11 is 0. The van der Waals surface area contributed by atoms with Crippen molar-refractivity contribution in [2.45, 2.75) is 33.7 Å². The van der Waals surface area contributed by atoms with Crippen molar-refractivity contribution in [3.05, 3.63) is 65.0 Å². The van der Waals surface area contributed by atoms with Gasteiger partial charge in [0.1, 0.15) is 5.75 Å². The summed E-state index contributed by atoms with van der Waals surface area (Å²) in [7, 11) is 0. The second kappa shape index (κ2) is 8.03. The molecule has 1 heterocycles. The average Bonchev–Trinajstić information content (AvgIpc) is 3.09. The topological polar surface area (TPSA) is 77.2 Å². The van der Waals surface area contributed by atoms with E-state index in [-0.39, 0.29) is 18.6 Å². The van der Waals surface area contributed by atoms with Gasteiger partial charge in [-0.2, -0.15) is 4.98 Å². The molecule has 140 valence electrons. The molecule has 0 aliphatic rings. The number of carbonyl (C=O) groups is 1. The van der Waals surface area contributed by atoms with E-state index in [4.69, 9.17) is 9.26 Å². The average molecular weight is 365 g/mol. The minimum absolute atomic E-state index is 0.0656. The van der Waals surface area contributed by atoms with E-state index in [2.05, 4.69) is 41.4 Å². The molecule has 2 aromatic carbocycles. The van der Waals surface area contributed by atoms with Crippen LogP contribution >= 0.6 is 0 Å². The zero-order valence-corrected chi connectivity index (χ0v) is 15.9. The molecule has 0 saturated heterocycles. The fraction of sp³-hybridized carbons (Fsp3) is 0.286. The van der Waals surface area contributed by atoms with Crippen LogP contribution in [0.3, 0.4) is 0 Å². The molecule has 6 nitrogen and oxygen atoms in total. The Morgan fingerprint density at radius 3 is 2.67 bits per heavy atom. The Kier molecular flexibility index (Phi) is 5.54.